The zero-order valence-electron chi connectivity index (χ0n) is 7.95. The number of hydrogen-bond donors (Lipinski definition) is 0. The molecule has 0 aromatic rings. The number of rotatable bonds is 0. The Morgan fingerprint density at radius 1 is 0.923 bits per heavy atom. The first-order valence-electron chi connectivity index (χ1n) is 5.49. The lowest BCUT2D eigenvalue weighted by atomic mass is 9.67. The van der Waals surface area contributed by atoms with Crippen LogP contribution in [0.25, 0.3) is 0 Å². The van der Waals surface area contributed by atoms with Gasteiger partial charge in [0.25, 0.3) is 0 Å². The Bertz CT molecular complexity index is 190. The first-order valence-corrected chi connectivity index (χ1v) is 5.49. The third kappa shape index (κ3) is 1.47. The first-order chi connectivity index (χ1) is 6.40. The molecule has 0 N–H and O–H groups in total. The largest absolute Gasteiger partial charge is 0.473 e. The Labute approximate surface area is 79.0 Å². The summed E-state index contributed by atoms with van der Waals surface area (Å²) in [6, 6.07) is 0. The molecule has 2 fully saturated rings. The summed E-state index contributed by atoms with van der Waals surface area (Å²) in [5, 5.41) is 0. The smallest absolute Gasteiger partial charge is 0.324 e. The quantitative estimate of drug-likeness (QED) is 0.413. The molecule has 4 aliphatic rings. The molecule has 2 nitrogen and oxygen atoms in total. The number of fused-ring (bicyclic) bond motifs is 2. The van der Waals surface area contributed by atoms with E-state index in [0.717, 1.165) is 24.4 Å². The highest BCUT2D eigenvalue weighted by Gasteiger charge is 2.40. The van der Waals surface area contributed by atoms with Crippen LogP contribution in [-0.2, 0) is 9.16 Å². The molecule has 0 aromatic carbocycles. The molecule has 2 saturated carbocycles. The lowest BCUT2D eigenvalue weighted by molar-refractivity contribution is -0.470. The topological polar surface area (TPSA) is 20.5 Å². The molecule has 72 valence electrons. The van der Waals surface area contributed by atoms with Gasteiger partial charge in [-0.3, -0.25) is 0 Å². The summed E-state index contributed by atoms with van der Waals surface area (Å²) in [5.74, 6) is 2.66. The summed E-state index contributed by atoms with van der Waals surface area (Å²) >= 11 is 0. The van der Waals surface area contributed by atoms with Crippen LogP contribution in [0.4, 0.5) is 0 Å². The second-order valence-electron chi connectivity index (χ2n) is 4.96. The number of carbonyl (C=O) groups excluding carboxylic acids is 1. The summed E-state index contributed by atoms with van der Waals surface area (Å²) < 4.78 is 11.0. The van der Waals surface area contributed by atoms with E-state index in [1.54, 1.807) is 6.47 Å². The summed E-state index contributed by atoms with van der Waals surface area (Å²) in [4.78, 5) is 0. The van der Waals surface area contributed by atoms with Crippen molar-refractivity contribution in [2.45, 2.75) is 38.2 Å². The van der Waals surface area contributed by atoms with Gasteiger partial charge < -0.3 is 9.16 Å². The molecule has 2 heterocycles. The van der Waals surface area contributed by atoms with Gasteiger partial charge in [0, 0.05) is 18.8 Å². The molecule has 0 saturated heterocycles. The van der Waals surface area contributed by atoms with Gasteiger partial charge in [-0.2, -0.15) is 0 Å². The lowest BCUT2D eigenvalue weighted by Gasteiger charge is -2.38. The average molecular weight is 181 g/mol. The van der Waals surface area contributed by atoms with Crippen molar-refractivity contribution in [2.75, 3.05) is 6.61 Å². The van der Waals surface area contributed by atoms with Crippen molar-refractivity contribution in [3.05, 3.63) is 0 Å². The Hall–Kier alpha value is -0.530. The molecule has 0 radical (unpaired) electrons. The predicted octanol–water partition coefficient (Wildman–Crippen LogP) is 1.90. The maximum Gasteiger partial charge on any atom is 0.473 e. The molecule has 4 rings (SSSR count). The maximum atomic E-state index is 5.58. The monoisotopic (exact) mass is 181 g/mol. The molecule has 0 spiro atoms. The molecule has 2 heteroatoms. The molecule has 2 atom stereocenters. The highest BCUT2D eigenvalue weighted by atomic mass is 16.6. The minimum Gasteiger partial charge on any atom is -0.324 e. The molecule has 2 aliphatic carbocycles. The van der Waals surface area contributed by atoms with Crippen LogP contribution in [0.15, 0.2) is 0 Å². The summed E-state index contributed by atoms with van der Waals surface area (Å²) in [7, 11) is 0. The zero-order valence-corrected chi connectivity index (χ0v) is 7.95. The van der Waals surface area contributed by atoms with Crippen molar-refractivity contribution in [1.29, 1.82) is 0 Å². The van der Waals surface area contributed by atoms with Gasteiger partial charge in [-0.25, -0.2) is 0 Å². The standard InChI is InChI=1S/C11H17O2/c1-8-2-10-3-9(1)5-11(4-8)13-7-12-6-10/h7-11H,1-6H2/q+1. The van der Waals surface area contributed by atoms with Gasteiger partial charge in [-0.05, 0) is 31.1 Å². The Morgan fingerprint density at radius 3 is 2.38 bits per heavy atom. The van der Waals surface area contributed by atoms with Crippen molar-refractivity contribution >= 4 is 6.47 Å². The highest BCUT2D eigenvalue weighted by molar-refractivity contribution is 5.38. The summed E-state index contributed by atoms with van der Waals surface area (Å²) in [5.41, 5.74) is 0. The highest BCUT2D eigenvalue weighted by Crippen LogP contribution is 2.43. The van der Waals surface area contributed by atoms with Crippen LogP contribution in [0, 0.1) is 17.8 Å². The second kappa shape index (κ2) is 3.00. The van der Waals surface area contributed by atoms with Crippen LogP contribution in [0.5, 0.6) is 0 Å². The van der Waals surface area contributed by atoms with Gasteiger partial charge in [0.2, 0.25) is 0 Å². The Morgan fingerprint density at radius 2 is 1.62 bits per heavy atom. The minimum atomic E-state index is 0.461. The van der Waals surface area contributed by atoms with Gasteiger partial charge in [0.05, 0.1) is 0 Å². The molecular formula is C11H17O2+. The van der Waals surface area contributed by atoms with Gasteiger partial charge >= 0.3 is 6.47 Å². The second-order valence-corrected chi connectivity index (χ2v) is 4.96. The summed E-state index contributed by atoms with van der Waals surface area (Å²) in [6.07, 6.45) is 7.22. The van der Waals surface area contributed by atoms with E-state index >= 15 is 0 Å². The van der Waals surface area contributed by atoms with E-state index in [-0.39, 0.29) is 0 Å². The van der Waals surface area contributed by atoms with Gasteiger partial charge in [-0.1, -0.05) is 0 Å². The fraction of sp³-hybridized carbons (Fsp3) is 0.909. The van der Waals surface area contributed by atoms with Gasteiger partial charge in [0.1, 0.15) is 0 Å². The summed E-state index contributed by atoms with van der Waals surface area (Å²) in [6.45, 7) is 2.48. The van der Waals surface area contributed by atoms with Crippen molar-refractivity contribution in [3.63, 3.8) is 0 Å². The van der Waals surface area contributed by atoms with Crippen molar-refractivity contribution in [3.8, 4) is 0 Å². The molecule has 2 unspecified atom stereocenters. The average Bonchev–Trinajstić information content (AvgIpc) is 2.19. The molecule has 0 amide bonds. The fourth-order valence-electron chi connectivity index (χ4n) is 3.47. The first kappa shape index (κ1) is 7.84. The van der Waals surface area contributed by atoms with E-state index in [1.165, 1.54) is 32.1 Å². The van der Waals surface area contributed by atoms with Crippen LogP contribution in [0.2, 0.25) is 0 Å². The van der Waals surface area contributed by atoms with Gasteiger partial charge in [0.15, 0.2) is 12.7 Å². The van der Waals surface area contributed by atoms with E-state index < -0.39 is 0 Å². The zero-order chi connectivity index (χ0) is 8.67. The molecule has 13 heavy (non-hydrogen) atoms. The van der Waals surface area contributed by atoms with Crippen LogP contribution in [-0.4, -0.2) is 19.2 Å². The third-order valence-corrected chi connectivity index (χ3v) is 3.84. The van der Waals surface area contributed by atoms with Crippen molar-refractivity contribution < 1.29 is 9.16 Å². The fourth-order valence-corrected chi connectivity index (χ4v) is 3.47. The molecule has 4 bridgehead atoms. The van der Waals surface area contributed by atoms with E-state index in [4.69, 9.17) is 9.16 Å². The van der Waals surface area contributed by atoms with Crippen LogP contribution < -0.4 is 0 Å². The molecule has 0 aromatic heterocycles. The van der Waals surface area contributed by atoms with E-state index in [0.29, 0.717) is 6.10 Å². The normalized spacial score (nSPS) is 48.0. The Kier molecular flexibility index (Phi) is 1.81. The van der Waals surface area contributed by atoms with E-state index in [9.17, 15) is 0 Å². The number of ether oxygens (including phenoxy) is 1. The molecular weight excluding hydrogens is 164 g/mol. The van der Waals surface area contributed by atoms with Gasteiger partial charge in [-0.15, -0.1) is 0 Å². The SMILES string of the molecule is C1=[O+]CC2CC3CC(C2)CC(C3)O1. The van der Waals surface area contributed by atoms with E-state index in [2.05, 4.69) is 0 Å². The third-order valence-electron chi connectivity index (χ3n) is 3.84. The number of hydrogen-bond acceptors (Lipinski definition) is 1. The Balaban J connectivity index is 1.85. The van der Waals surface area contributed by atoms with Crippen LogP contribution in [0.1, 0.15) is 32.1 Å². The van der Waals surface area contributed by atoms with Crippen molar-refractivity contribution in [2.24, 2.45) is 17.8 Å². The minimum absolute atomic E-state index is 0.461. The lowest BCUT2D eigenvalue weighted by Crippen LogP contribution is -2.34. The van der Waals surface area contributed by atoms with Crippen LogP contribution in [0.3, 0.4) is 0 Å². The predicted molar refractivity (Wildman–Crippen MR) is 49.4 cm³/mol. The van der Waals surface area contributed by atoms with E-state index in [1.807, 2.05) is 0 Å². The van der Waals surface area contributed by atoms with Crippen molar-refractivity contribution in [1.82, 2.24) is 0 Å². The van der Waals surface area contributed by atoms with Crippen LogP contribution >= 0.6 is 0 Å². The maximum absolute atomic E-state index is 5.58. The molecule has 2 aliphatic heterocycles.